The number of hydrogen-bond donors (Lipinski definition) is 1. The monoisotopic (exact) mass is 464 g/mol. The lowest BCUT2D eigenvalue weighted by molar-refractivity contribution is -0.0720. The molecule has 1 aromatic rings. The third kappa shape index (κ3) is 3.11. The zero-order valence-electron chi connectivity index (χ0n) is 21.5. The Labute approximate surface area is 205 Å². The molecule has 6 aliphatic rings. The second-order valence-electron chi connectivity index (χ2n) is 13.3. The number of hydrogen-bond acceptors (Lipinski definition) is 4. The highest BCUT2D eigenvalue weighted by atomic mass is 16.5. The third-order valence-electron chi connectivity index (χ3n) is 12.1. The first kappa shape index (κ1) is 22.0. The summed E-state index contributed by atoms with van der Waals surface area (Å²) >= 11 is 0. The molecule has 34 heavy (non-hydrogen) atoms. The molecule has 4 aliphatic carbocycles. The van der Waals surface area contributed by atoms with Gasteiger partial charge >= 0.3 is 0 Å². The Hall–Kier alpha value is -1.20. The van der Waals surface area contributed by atoms with E-state index in [4.69, 9.17) is 4.74 Å². The van der Waals surface area contributed by atoms with Crippen LogP contribution in [-0.4, -0.2) is 39.3 Å². The van der Waals surface area contributed by atoms with Crippen molar-refractivity contribution in [3.8, 4) is 0 Å². The zero-order valence-corrected chi connectivity index (χ0v) is 21.5. The van der Waals surface area contributed by atoms with Crippen molar-refractivity contribution >= 4 is 0 Å². The van der Waals surface area contributed by atoms with Crippen LogP contribution >= 0.6 is 0 Å². The first-order chi connectivity index (χ1) is 16.5. The maximum Gasteiger partial charge on any atom is 0.0765 e. The van der Waals surface area contributed by atoms with Crippen molar-refractivity contribution < 1.29 is 4.74 Å². The van der Waals surface area contributed by atoms with Gasteiger partial charge in [-0.15, -0.1) is 5.10 Å². The van der Waals surface area contributed by atoms with E-state index in [-0.39, 0.29) is 5.60 Å². The number of aromatic nitrogens is 3. The van der Waals surface area contributed by atoms with Gasteiger partial charge in [0.05, 0.1) is 23.9 Å². The van der Waals surface area contributed by atoms with Crippen LogP contribution in [0.5, 0.6) is 0 Å². The highest BCUT2D eigenvalue weighted by Crippen LogP contribution is 2.66. The van der Waals surface area contributed by atoms with Crippen molar-refractivity contribution in [3.63, 3.8) is 0 Å². The fourth-order valence-corrected chi connectivity index (χ4v) is 10.3. The molecule has 10 unspecified atom stereocenters. The molecule has 7 rings (SSSR count). The molecule has 0 aromatic carbocycles. The van der Waals surface area contributed by atoms with Gasteiger partial charge in [-0.05, 0) is 113 Å². The summed E-state index contributed by atoms with van der Waals surface area (Å²) in [6.07, 6.45) is 18.9. The van der Waals surface area contributed by atoms with Crippen molar-refractivity contribution in [2.75, 3.05) is 6.54 Å². The van der Waals surface area contributed by atoms with Gasteiger partial charge in [0.15, 0.2) is 0 Å². The molecule has 2 saturated heterocycles. The van der Waals surface area contributed by atoms with E-state index < -0.39 is 0 Å². The van der Waals surface area contributed by atoms with Crippen LogP contribution < -0.4 is 5.32 Å². The van der Waals surface area contributed by atoms with Crippen molar-refractivity contribution in [1.29, 1.82) is 0 Å². The molecule has 1 aromatic heterocycles. The highest BCUT2D eigenvalue weighted by molar-refractivity contribution is 5.29. The van der Waals surface area contributed by atoms with Crippen molar-refractivity contribution in [2.24, 2.45) is 35.0 Å². The van der Waals surface area contributed by atoms with Gasteiger partial charge in [-0.2, -0.15) is 0 Å². The first-order valence-corrected chi connectivity index (χ1v) is 14.4. The standard InChI is InChI=1S/C29H44N4O/c1-18-17-29(19(2)27-26(34-29)5-4-12-30-27)11-9-22-23-7-6-20-15-21(33-14-13-31-32-33)8-10-28(20,3)25(23)16-24(18)22/h13-14,19-23,25-27,30H,4-12,15-17H2,1-3H3. The molecule has 1 N–H and O–H groups in total. The average molecular weight is 465 g/mol. The van der Waals surface area contributed by atoms with E-state index in [1.165, 1.54) is 77.2 Å². The lowest BCUT2D eigenvalue weighted by Crippen LogP contribution is -2.47. The summed E-state index contributed by atoms with van der Waals surface area (Å²) < 4.78 is 9.15. The van der Waals surface area contributed by atoms with E-state index in [1.807, 2.05) is 11.8 Å². The zero-order chi connectivity index (χ0) is 23.1. The van der Waals surface area contributed by atoms with Crippen molar-refractivity contribution in [2.45, 2.75) is 115 Å². The predicted octanol–water partition coefficient (Wildman–Crippen LogP) is 5.70. The van der Waals surface area contributed by atoms with Gasteiger partial charge < -0.3 is 10.1 Å². The largest absolute Gasteiger partial charge is 0.369 e. The molecule has 1 spiro atoms. The fraction of sp³-hybridized carbons (Fsp3) is 0.862. The summed E-state index contributed by atoms with van der Waals surface area (Å²) in [6, 6.07) is 1.13. The molecule has 0 radical (unpaired) electrons. The minimum absolute atomic E-state index is 0.0839. The molecule has 3 heterocycles. The Morgan fingerprint density at radius 3 is 2.88 bits per heavy atom. The van der Waals surface area contributed by atoms with E-state index >= 15 is 0 Å². The smallest absolute Gasteiger partial charge is 0.0765 e. The number of nitrogens with zero attached hydrogens (tertiary/aromatic N) is 3. The number of rotatable bonds is 1. The Bertz CT molecular complexity index is 957. The van der Waals surface area contributed by atoms with Gasteiger partial charge in [0, 0.05) is 18.2 Å². The normalized spacial score (nSPS) is 50.4. The summed E-state index contributed by atoms with van der Waals surface area (Å²) in [4.78, 5) is 0. The van der Waals surface area contributed by atoms with Gasteiger partial charge in [0.1, 0.15) is 0 Å². The van der Waals surface area contributed by atoms with Crippen LogP contribution in [-0.2, 0) is 4.74 Å². The van der Waals surface area contributed by atoms with Crippen LogP contribution in [0, 0.1) is 35.0 Å². The molecule has 0 amide bonds. The van der Waals surface area contributed by atoms with Crippen LogP contribution in [0.25, 0.3) is 0 Å². The lowest BCUT2D eigenvalue weighted by atomic mass is 9.52. The third-order valence-corrected chi connectivity index (χ3v) is 12.1. The maximum atomic E-state index is 7.00. The number of piperidine rings is 1. The number of ether oxygens (including phenoxy) is 1. The summed E-state index contributed by atoms with van der Waals surface area (Å²) in [5.41, 5.74) is 4.16. The Morgan fingerprint density at radius 1 is 1.15 bits per heavy atom. The molecule has 186 valence electrons. The first-order valence-electron chi connectivity index (χ1n) is 14.4. The summed E-state index contributed by atoms with van der Waals surface area (Å²) in [7, 11) is 0. The summed E-state index contributed by atoms with van der Waals surface area (Å²) in [6.45, 7) is 8.83. The van der Waals surface area contributed by atoms with Crippen LogP contribution in [0.3, 0.4) is 0 Å². The minimum atomic E-state index is 0.0839. The molecule has 2 aliphatic heterocycles. The SMILES string of the molecule is CC1=C2CC3C(CCC4CC(n5ccnn5)CCC43C)C2CCC2(C1)OC1CCCNC1C2C. The van der Waals surface area contributed by atoms with Crippen molar-refractivity contribution in [1.82, 2.24) is 20.3 Å². The van der Waals surface area contributed by atoms with E-state index in [0.29, 0.717) is 29.5 Å². The van der Waals surface area contributed by atoms with E-state index in [9.17, 15) is 0 Å². The second kappa shape index (κ2) is 7.90. The molecule has 5 heteroatoms. The molecule has 3 saturated carbocycles. The summed E-state index contributed by atoms with van der Waals surface area (Å²) in [5.74, 6) is 4.09. The van der Waals surface area contributed by atoms with Crippen molar-refractivity contribution in [3.05, 3.63) is 23.5 Å². The van der Waals surface area contributed by atoms with Crippen LogP contribution in [0.2, 0.25) is 0 Å². The molecule has 5 fully saturated rings. The highest BCUT2D eigenvalue weighted by Gasteiger charge is 2.59. The van der Waals surface area contributed by atoms with Gasteiger partial charge in [0.2, 0.25) is 0 Å². The fourth-order valence-electron chi connectivity index (χ4n) is 10.3. The summed E-state index contributed by atoms with van der Waals surface area (Å²) in [5, 5.41) is 12.3. The number of allylic oxidation sites excluding steroid dienone is 1. The number of nitrogens with one attached hydrogen (secondary N) is 1. The van der Waals surface area contributed by atoms with Gasteiger partial charge in [-0.25, -0.2) is 4.68 Å². The molecular formula is C29H44N4O. The van der Waals surface area contributed by atoms with E-state index in [2.05, 4.69) is 47.3 Å². The van der Waals surface area contributed by atoms with Gasteiger partial charge in [-0.3, -0.25) is 0 Å². The van der Waals surface area contributed by atoms with Crippen LogP contribution in [0.15, 0.2) is 23.5 Å². The molecule has 0 bridgehead atoms. The predicted molar refractivity (Wildman–Crippen MR) is 133 cm³/mol. The van der Waals surface area contributed by atoms with Crippen LogP contribution in [0.4, 0.5) is 0 Å². The average Bonchev–Trinajstić information content (AvgIpc) is 3.54. The quantitative estimate of drug-likeness (QED) is 0.542. The van der Waals surface area contributed by atoms with Crippen LogP contribution in [0.1, 0.15) is 97.4 Å². The molecule has 10 atom stereocenters. The Kier molecular flexibility index (Phi) is 5.12. The maximum absolute atomic E-state index is 7.00. The minimum Gasteiger partial charge on any atom is -0.369 e. The van der Waals surface area contributed by atoms with E-state index in [0.717, 1.165) is 23.7 Å². The molecular weight excluding hydrogens is 420 g/mol. The Morgan fingerprint density at radius 2 is 2.06 bits per heavy atom. The Balaban J connectivity index is 1.14. The lowest BCUT2D eigenvalue weighted by Gasteiger charge is -2.54. The van der Waals surface area contributed by atoms with Gasteiger partial charge in [0.25, 0.3) is 0 Å². The number of fused-ring (bicyclic) bond motifs is 6. The topological polar surface area (TPSA) is 52.0 Å². The van der Waals surface area contributed by atoms with E-state index in [1.54, 1.807) is 5.57 Å². The molecule has 5 nitrogen and oxygen atoms in total. The second-order valence-corrected chi connectivity index (χ2v) is 13.3. The van der Waals surface area contributed by atoms with Gasteiger partial charge in [-0.1, -0.05) is 30.2 Å².